The lowest BCUT2D eigenvalue weighted by Crippen LogP contribution is -2.11. The molecule has 2 heterocycles. The topological polar surface area (TPSA) is 42.0 Å². The zero-order valence-corrected chi connectivity index (χ0v) is 11.9. The number of halogens is 1. The standard InChI is InChI=1S/C13H13ClN2OS/c1-7-6-11(18-9(7)3)13(17)16-10-4-5-12(14)15-8(10)2/h4-6H,1-3H3,(H,16,17). The minimum Gasteiger partial charge on any atom is -0.320 e. The molecular weight excluding hydrogens is 268 g/mol. The van der Waals surface area contributed by atoms with Crippen LogP contribution in [0.5, 0.6) is 0 Å². The average Bonchev–Trinajstić information content (AvgIpc) is 2.63. The second-order valence-electron chi connectivity index (χ2n) is 4.07. The van der Waals surface area contributed by atoms with Gasteiger partial charge in [0.25, 0.3) is 5.91 Å². The number of rotatable bonds is 2. The van der Waals surface area contributed by atoms with Crippen LogP contribution in [0.25, 0.3) is 0 Å². The number of nitrogens with zero attached hydrogens (tertiary/aromatic N) is 1. The van der Waals surface area contributed by atoms with Gasteiger partial charge in [-0.15, -0.1) is 11.3 Å². The fourth-order valence-electron chi connectivity index (χ4n) is 1.53. The maximum absolute atomic E-state index is 12.1. The minimum atomic E-state index is -0.108. The van der Waals surface area contributed by atoms with Crippen LogP contribution in [0.4, 0.5) is 5.69 Å². The molecule has 3 nitrogen and oxygen atoms in total. The molecule has 1 amide bonds. The van der Waals surface area contributed by atoms with Crippen molar-refractivity contribution in [1.29, 1.82) is 0 Å². The molecule has 94 valence electrons. The number of aromatic nitrogens is 1. The van der Waals surface area contributed by atoms with E-state index in [1.165, 1.54) is 11.3 Å². The van der Waals surface area contributed by atoms with Crippen molar-refractivity contribution in [3.05, 3.63) is 44.4 Å². The Balaban J connectivity index is 2.21. The van der Waals surface area contributed by atoms with E-state index >= 15 is 0 Å². The SMILES string of the molecule is Cc1cc(C(=O)Nc2ccc(Cl)nc2C)sc1C. The Hall–Kier alpha value is -1.39. The molecule has 0 spiro atoms. The molecule has 2 rings (SSSR count). The van der Waals surface area contributed by atoms with Crippen LogP contribution in [-0.4, -0.2) is 10.9 Å². The van der Waals surface area contributed by atoms with E-state index in [0.29, 0.717) is 21.4 Å². The van der Waals surface area contributed by atoms with E-state index in [1.54, 1.807) is 12.1 Å². The lowest BCUT2D eigenvalue weighted by molar-refractivity contribution is 0.103. The summed E-state index contributed by atoms with van der Waals surface area (Å²) < 4.78 is 0. The van der Waals surface area contributed by atoms with Gasteiger partial charge in [-0.2, -0.15) is 0 Å². The van der Waals surface area contributed by atoms with Crippen molar-refractivity contribution in [2.24, 2.45) is 0 Å². The molecule has 0 saturated carbocycles. The first kappa shape index (κ1) is 13.1. The normalized spacial score (nSPS) is 10.4. The van der Waals surface area contributed by atoms with Gasteiger partial charge in [-0.1, -0.05) is 11.6 Å². The summed E-state index contributed by atoms with van der Waals surface area (Å²) in [5, 5.41) is 3.27. The smallest absolute Gasteiger partial charge is 0.265 e. The summed E-state index contributed by atoms with van der Waals surface area (Å²) in [4.78, 5) is 18.0. The minimum absolute atomic E-state index is 0.108. The third-order valence-corrected chi connectivity index (χ3v) is 4.05. The van der Waals surface area contributed by atoms with Crippen molar-refractivity contribution in [2.75, 3.05) is 5.32 Å². The molecule has 0 aliphatic heterocycles. The van der Waals surface area contributed by atoms with Gasteiger partial charge in [-0.3, -0.25) is 4.79 Å². The zero-order chi connectivity index (χ0) is 13.3. The van der Waals surface area contributed by atoms with Crippen LogP contribution >= 0.6 is 22.9 Å². The molecule has 0 bridgehead atoms. The molecule has 0 unspecified atom stereocenters. The van der Waals surface area contributed by atoms with Crippen LogP contribution in [-0.2, 0) is 0 Å². The second kappa shape index (κ2) is 5.08. The Bertz CT molecular complexity index is 588. The van der Waals surface area contributed by atoms with Gasteiger partial charge in [0.2, 0.25) is 0 Å². The summed E-state index contributed by atoms with van der Waals surface area (Å²) in [5.41, 5.74) is 2.53. The number of anilines is 1. The summed E-state index contributed by atoms with van der Waals surface area (Å²) in [6.45, 7) is 5.82. The van der Waals surface area contributed by atoms with Crippen molar-refractivity contribution in [2.45, 2.75) is 20.8 Å². The largest absolute Gasteiger partial charge is 0.320 e. The van der Waals surface area contributed by atoms with Gasteiger partial charge in [0.05, 0.1) is 16.3 Å². The summed E-state index contributed by atoms with van der Waals surface area (Å²) in [6, 6.07) is 5.32. The highest BCUT2D eigenvalue weighted by molar-refractivity contribution is 7.14. The van der Waals surface area contributed by atoms with Crippen LogP contribution in [0, 0.1) is 20.8 Å². The summed E-state index contributed by atoms with van der Waals surface area (Å²) in [6.07, 6.45) is 0. The molecule has 0 radical (unpaired) electrons. The molecule has 0 saturated heterocycles. The fraction of sp³-hybridized carbons (Fsp3) is 0.231. The van der Waals surface area contributed by atoms with Crippen molar-refractivity contribution < 1.29 is 4.79 Å². The Kier molecular flexibility index (Phi) is 3.68. The molecule has 18 heavy (non-hydrogen) atoms. The first-order valence-electron chi connectivity index (χ1n) is 5.49. The molecule has 1 N–H and O–H groups in total. The molecule has 2 aromatic heterocycles. The number of aryl methyl sites for hydroxylation is 3. The molecule has 0 aromatic carbocycles. The molecule has 0 atom stereocenters. The van der Waals surface area contributed by atoms with Crippen LogP contribution in [0.15, 0.2) is 18.2 Å². The lowest BCUT2D eigenvalue weighted by atomic mass is 10.2. The Labute approximate surface area is 115 Å². The zero-order valence-electron chi connectivity index (χ0n) is 10.4. The van der Waals surface area contributed by atoms with Crippen molar-refractivity contribution in [3.63, 3.8) is 0 Å². The Morgan fingerprint density at radius 2 is 2.06 bits per heavy atom. The van der Waals surface area contributed by atoms with Crippen molar-refractivity contribution in [3.8, 4) is 0 Å². The molecule has 5 heteroatoms. The predicted molar refractivity (Wildman–Crippen MR) is 75.7 cm³/mol. The number of hydrogen-bond donors (Lipinski definition) is 1. The van der Waals surface area contributed by atoms with E-state index in [4.69, 9.17) is 11.6 Å². The third-order valence-electron chi connectivity index (χ3n) is 2.69. The van der Waals surface area contributed by atoms with Crippen LogP contribution in [0.2, 0.25) is 5.15 Å². The monoisotopic (exact) mass is 280 g/mol. The van der Waals surface area contributed by atoms with E-state index < -0.39 is 0 Å². The lowest BCUT2D eigenvalue weighted by Gasteiger charge is -2.06. The maximum Gasteiger partial charge on any atom is 0.265 e. The summed E-state index contributed by atoms with van der Waals surface area (Å²) in [5.74, 6) is -0.108. The highest BCUT2D eigenvalue weighted by Gasteiger charge is 2.12. The highest BCUT2D eigenvalue weighted by atomic mass is 35.5. The number of pyridine rings is 1. The summed E-state index contributed by atoms with van der Waals surface area (Å²) >= 11 is 7.27. The van der Waals surface area contributed by atoms with E-state index in [-0.39, 0.29) is 5.91 Å². The Morgan fingerprint density at radius 1 is 1.33 bits per heavy atom. The van der Waals surface area contributed by atoms with Crippen molar-refractivity contribution >= 4 is 34.5 Å². The number of carbonyl (C=O) groups excluding carboxylic acids is 1. The van der Waals surface area contributed by atoms with Crippen LogP contribution in [0.3, 0.4) is 0 Å². The van der Waals surface area contributed by atoms with Gasteiger partial charge in [0.15, 0.2) is 0 Å². The second-order valence-corrected chi connectivity index (χ2v) is 5.71. The van der Waals surface area contributed by atoms with Gasteiger partial charge >= 0.3 is 0 Å². The molecule has 0 fully saturated rings. The number of hydrogen-bond acceptors (Lipinski definition) is 3. The first-order chi connectivity index (χ1) is 8.47. The van der Waals surface area contributed by atoms with Gasteiger partial charge in [-0.25, -0.2) is 4.98 Å². The number of amides is 1. The van der Waals surface area contributed by atoms with Crippen molar-refractivity contribution in [1.82, 2.24) is 4.98 Å². The van der Waals surface area contributed by atoms with E-state index in [9.17, 15) is 4.79 Å². The van der Waals surface area contributed by atoms with Gasteiger partial charge in [0.1, 0.15) is 5.15 Å². The van der Waals surface area contributed by atoms with Crippen LogP contribution < -0.4 is 5.32 Å². The van der Waals surface area contributed by atoms with Gasteiger partial charge in [0, 0.05) is 4.88 Å². The first-order valence-corrected chi connectivity index (χ1v) is 6.68. The number of nitrogens with one attached hydrogen (secondary N) is 1. The number of carbonyl (C=O) groups is 1. The van der Waals surface area contributed by atoms with E-state index in [1.807, 2.05) is 26.8 Å². The van der Waals surface area contributed by atoms with Gasteiger partial charge < -0.3 is 5.32 Å². The quantitative estimate of drug-likeness (QED) is 0.846. The molecule has 0 aliphatic carbocycles. The van der Waals surface area contributed by atoms with E-state index in [0.717, 1.165) is 10.4 Å². The number of thiophene rings is 1. The van der Waals surface area contributed by atoms with E-state index in [2.05, 4.69) is 10.3 Å². The third kappa shape index (κ3) is 2.71. The molecule has 2 aromatic rings. The maximum atomic E-state index is 12.1. The average molecular weight is 281 g/mol. The molecular formula is C13H13ClN2OS. The van der Waals surface area contributed by atoms with Gasteiger partial charge in [-0.05, 0) is 44.5 Å². The Morgan fingerprint density at radius 3 is 2.61 bits per heavy atom. The summed E-state index contributed by atoms with van der Waals surface area (Å²) in [7, 11) is 0. The predicted octanol–water partition coefficient (Wildman–Crippen LogP) is 3.97. The molecule has 0 aliphatic rings. The highest BCUT2D eigenvalue weighted by Crippen LogP contribution is 2.22. The fourth-order valence-corrected chi connectivity index (χ4v) is 2.65. The van der Waals surface area contributed by atoms with Crippen LogP contribution in [0.1, 0.15) is 25.8 Å².